The van der Waals surface area contributed by atoms with Crippen molar-refractivity contribution >= 4 is 5.57 Å². The van der Waals surface area contributed by atoms with E-state index in [0.29, 0.717) is 6.04 Å². The van der Waals surface area contributed by atoms with Crippen LogP contribution in [0.2, 0.25) is 0 Å². The predicted molar refractivity (Wildman–Crippen MR) is 95.0 cm³/mol. The SMILES string of the molecule is CC12CC1(C)N1C=C(c3ccccc3)C=CC1c1ccccc12. The van der Waals surface area contributed by atoms with Crippen molar-refractivity contribution in [3.63, 3.8) is 0 Å². The number of hydrogen-bond donors (Lipinski definition) is 0. The summed E-state index contributed by atoms with van der Waals surface area (Å²) in [6.07, 6.45) is 8.30. The molecule has 1 nitrogen and oxygen atoms in total. The predicted octanol–water partition coefficient (Wildman–Crippen LogP) is 5.07. The fourth-order valence-corrected chi connectivity index (χ4v) is 4.73. The second kappa shape index (κ2) is 4.17. The number of nitrogens with zero attached hydrogens (tertiary/aromatic N) is 1. The first-order valence-corrected chi connectivity index (χ1v) is 8.47. The lowest BCUT2D eigenvalue weighted by Gasteiger charge is -2.45. The highest BCUT2D eigenvalue weighted by molar-refractivity contribution is 5.76. The molecule has 2 heterocycles. The lowest BCUT2D eigenvalue weighted by molar-refractivity contribution is 0.190. The summed E-state index contributed by atoms with van der Waals surface area (Å²) in [5.74, 6) is 0. The van der Waals surface area contributed by atoms with Gasteiger partial charge in [-0.15, -0.1) is 0 Å². The average Bonchev–Trinajstić information content (AvgIpc) is 3.20. The standard InChI is InChI=1S/C22H21N/c1-21-15-22(21,2)23-14-17(16-8-4-3-5-9-16)12-13-20(23)18-10-6-7-11-19(18)21/h3-14,20H,15H2,1-2H3. The zero-order chi connectivity index (χ0) is 15.7. The molecule has 2 aromatic carbocycles. The van der Waals surface area contributed by atoms with Crippen molar-refractivity contribution in [2.75, 3.05) is 0 Å². The summed E-state index contributed by atoms with van der Waals surface area (Å²) in [5, 5.41) is 0. The number of hydrogen-bond acceptors (Lipinski definition) is 1. The Balaban J connectivity index is 1.66. The molecule has 0 bridgehead atoms. The molecule has 1 heteroatoms. The minimum atomic E-state index is 0.233. The van der Waals surface area contributed by atoms with Crippen LogP contribution in [0.5, 0.6) is 0 Å². The molecular formula is C22H21N. The van der Waals surface area contributed by atoms with Gasteiger partial charge in [0.2, 0.25) is 0 Å². The van der Waals surface area contributed by atoms with Gasteiger partial charge in [-0.2, -0.15) is 0 Å². The van der Waals surface area contributed by atoms with Crippen molar-refractivity contribution in [3.05, 3.63) is 89.6 Å². The smallest absolute Gasteiger partial charge is 0.0733 e. The van der Waals surface area contributed by atoms with Gasteiger partial charge in [-0.05, 0) is 35.6 Å². The second-order valence-electron chi connectivity index (χ2n) is 7.53. The molecule has 2 aliphatic heterocycles. The molecule has 1 aliphatic carbocycles. The van der Waals surface area contributed by atoms with Gasteiger partial charge < -0.3 is 4.90 Å². The normalized spacial score (nSPS) is 33.4. The first kappa shape index (κ1) is 13.2. The van der Waals surface area contributed by atoms with Crippen molar-refractivity contribution in [2.24, 2.45) is 0 Å². The number of benzene rings is 2. The summed E-state index contributed by atoms with van der Waals surface area (Å²) in [4.78, 5) is 2.61. The summed E-state index contributed by atoms with van der Waals surface area (Å²) >= 11 is 0. The molecule has 3 atom stereocenters. The number of fused-ring (bicyclic) bond motifs is 6. The Bertz CT molecular complexity index is 847. The third-order valence-corrected chi connectivity index (χ3v) is 6.35. The lowest BCUT2D eigenvalue weighted by Crippen LogP contribution is -2.44. The van der Waals surface area contributed by atoms with E-state index in [4.69, 9.17) is 0 Å². The molecule has 0 saturated heterocycles. The summed E-state index contributed by atoms with van der Waals surface area (Å²) in [7, 11) is 0. The highest BCUT2D eigenvalue weighted by atomic mass is 15.3. The Kier molecular flexibility index (Phi) is 2.39. The zero-order valence-electron chi connectivity index (χ0n) is 13.7. The van der Waals surface area contributed by atoms with Gasteiger partial charge in [-0.1, -0.05) is 73.7 Å². The molecule has 5 rings (SSSR count). The molecule has 0 spiro atoms. The summed E-state index contributed by atoms with van der Waals surface area (Å²) < 4.78 is 0. The first-order chi connectivity index (χ1) is 11.1. The molecule has 0 amide bonds. The zero-order valence-corrected chi connectivity index (χ0v) is 13.7. The fraction of sp³-hybridized carbons (Fsp3) is 0.273. The van der Waals surface area contributed by atoms with Gasteiger partial charge >= 0.3 is 0 Å². The van der Waals surface area contributed by atoms with Gasteiger partial charge in [0.1, 0.15) is 0 Å². The van der Waals surface area contributed by atoms with Crippen molar-refractivity contribution in [3.8, 4) is 0 Å². The first-order valence-electron chi connectivity index (χ1n) is 8.47. The molecule has 1 fully saturated rings. The Morgan fingerprint density at radius 1 is 0.957 bits per heavy atom. The maximum absolute atomic E-state index is 2.61. The van der Waals surface area contributed by atoms with Crippen LogP contribution < -0.4 is 0 Å². The van der Waals surface area contributed by atoms with Crippen LogP contribution >= 0.6 is 0 Å². The quantitative estimate of drug-likeness (QED) is 0.710. The van der Waals surface area contributed by atoms with Gasteiger partial charge in [0.05, 0.1) is 6.04 Å². The van der Waals surface area contributed by atoms with E-state index in [1.165, 1.54) is 23.1 Å². The Morgan fingerprint density at radius 2 is 1.70 bits per heavy atom. The van der Waals surface area contributed by atoms with E-state index in [0.717, 1.165) is 0 Å². The largest absolute Gasteiger partial charge is 0.360 e. The van der Waals surface area contributed by atoms with E-state index in [-0.39, 0.29) is 11.0 Å². The highest BCUT2D eigenvalue weighted by Crippen LogP contribution is 2.67. The van der Waals surface area contributed by atoms with Crippen molar-refractivity contribution in [1.82, 2.24) is 4.90 Å². The van der Waals surface area contributed by atoms with E-state index in [9.17, 15) is 0 Å². The van der Waals surface area contributed by atoms with Crippen molar-refractivity contribution in [1.29, 1.82) is 0 Å². The fourth-order valence-electron chi connectivity index (χ4n) is 4.73. The molecule has 0 N–H and O–H groups in total. The maximum atomic E-state index is 2.61. The monoisotopic (exact) mass is 299 g/mol. The van der Waals surface area contributed by atoms with Crippen LogP contribution in [-0.4, -0.2) is 10.4 Å². The van der Waals surface area contributed by atoms with Crippen molar-refractivity contribution < 1.29 is 0 Å². The summed E-state index contributed by atoms with van der Waals surface area (Å²) in [6, 6.07) is 20.1. The molecular weight excluding hydrogens is 278 g/mol. The highest BCUT2D eigenvalue weighted by Gasteiger charge is 2.68. The van der Waals surface area contributed by atoms with Gasteiger partial charge in [-0.3, -0.25) is 0 Å². The Morgan fingerprint density at radius 3 is 2.52 bits per heavy atom. The molecule has 3 unspecified atom stereocenters. The van der Waals surface area contributed by atoms with Crippen LogP contribution in [0.4, 0.5) is 0 Å². The topological polar surface area (TPSA) is 3.24 Å². The number of allylic oxidation sites excluding steroid dienone is 2. The van der Waals surface area contributed by atoms with Crippen LogP contribution in [0.15, 0.2) is 72.9 Å². The maximum Gasteiger partial charge on any atom is 0.0733 e. The molecule has 0 aromatic heterocycles. The third kappa shape index (κ3) is 1.57. The number of rotatable bonds is 1. The van der Waals surface area contributed by atoms with Crippen LogP contribution in [0, 0.1) is 0 Å². The molecule has 2 aromatic rings. The summed E-state index contributed by atoms with van der Waals surface area (Å²) in [5.41, 5.74) is 6.15. The van der Waals surface area contributed by atoms with Crippen LogP contribution in [0.25, 0.3) is 5.57 Å². The van der Waals surface area contributed by atoms with E-state index >= 15 is 0 Å². The van der Waals surface area contributed by atoms with Gasteiger partial charge in [0.25, 0.3) is 0 Å². The van der Waals surface area contributed by atoms with E-state index < -0.39 is 0 Å². The molecule has 3 aliphatic rings. The lowest BCUT2D eigenvalue weighted by atomic mass is 9.80. The Labute approximate surface area is 138 Å². The molecule has 114 valence electrons. The van der Waals surface area contributed by atoms with Gasteiger partial charge in [0.15, 0.2) is 0 Å². The van der Waals surface area contributed by atoms with E-state index in [1.54, 1.807) is 5.56 Å². The second-order valence-corrected chi connectivity index (χ2v) is 7.53. The average molecular weight is 299 g/mol. The Hall–Kier alpha value is -2.28. The van der Waals surface area contributed by atoms with Gasteiger partial charge in [0, 0.05) is 17.2 Å². The molecule has 0 radical (unpaired) electrons. The summed E-state index contributed by atoms with van der Waals surface area (Å²) in [6.45, 7) is 4.85. The third-order valence-electron chi connectivity index (χ3n) is 6.35. The minimum absolute atomic E-state index is 0.233. The van der Waals surface area contributed by atoms with E-state index in [2.05, 4.69) is 91.7 Å². The van der Waals surface area contributed by atoms with E-state index in [1.807, 2.05) is 0 Å². The van der Waals surface area contributed by atoms with Crippen LogP contribution in [-0.2, 0) is 5.41 Å². The van der Waals surface area contributed by atoms with Crippen molar-refractivity contribution in [2.45, 2.75) is 37.3 Å². The van der Waals surface area contributed by atoms with Crippen LogP contribution in [0.3, 0.4) is 0 Å². The molecule has 23 heavy (non-hydrogen) atoms. The van der Waals surface area contributed by atoms with Gasteiger partial charge in [-0.25, -0.2) is 0 Å². The molecule has 1 saturated carbocycles. The minimum Gasteiger partial charge on any atom is -0.360 e. The van der Waals surface area contributed by atoms with Crippen LogP contribution in [0.1, 0.15) is 43.0 Å².